The summed E-state index contributed by atoms with van der Waals surface area (Å²) in [4.78, 5) is 50.1. The van der Waals surface area contributed by atoms with Crippen molar-refractivity contribution in [3.8, 4) is 0 Å². The molecule has 0 fully saturated rings. The van der Waals surface area contributed by atoms with Crippen LogP contribution in [0.15, 0.2) is 72.8 Å². The molecule has 0 spiro atoms. The molecular formula is C26H23N3O6. The Morgan fingerprint density at radius 1 is 1.00 bits per heavy atom. The highest BCUT2D eigenvalue weighted by Crippen LogP contribution is 2.30. The zero-order chi connectivity index (χ0) is 24.8. The van der Waals surface area contributed by atoms with Gasteiger partial charge in [0.1, 0.15) is 0 Å². The van der Waals surface area contributed by atoms with Crippen LogP contribution in [0.4, 0.5) is 17.1 Å². The lowest BCUT2D eigenvalue weighted by molar-refractivity contribution is -0.384. The van der Waals surface area contributed by atoms with Gasteiger partial charge in [0.05, 0.1) is 22.6 Å². The molecule has 0 saturated heterocycles. The molecule has 0 aromatic heterocycles. The molecule has 35 heavy (non-hydrogen) atoms. The van der Waals surface area contributed by atoms with E-state index >= 15 is 0 Å². The number of aryl methyl sites for hydroxylation is 1. The van der Waals surface area contributed by atoms with Crippen LogP contribution < -0.4 is 10.2 Å². The van der Waals surface area contributed by atoms with E-state index < -0.39 is 23.4 Å². The van der Waals surface area contributed by atoms with Crippen LogP contribution in [-0.2, 0) is 27.2 Å². The number of nitrogens with one attached hydrogen (secondary N) is 1. The molecule has 1 aliphatic rings. The SMILES string of the molecule is O=C(Cc1ccccc1)Nc1ccccc1C(=O)OCC(=O)N1CCCc2cc([N+](=O)[O-])ccc21. The van der Waals surface area contributed by atoms with Crippen molar-refractivity contribution in [3.05, 3.63) is 99.6 Å². The van der Waals surface area contributed by atoms with Gasteiger partial charge in [-0.1, -0.05) is 42.5 Å². The zero-order valence-electron chi connectivity index (χ0n) is 18.8. The first kappa shape index (κ1) is 23.6. The van der Waals surface area contributed by atoms with Crippen LogP contribution in [0.25, 0.3) is 0 Å². The number of nitro groups is 1. The fourth-order valence-electron chi connectivity index (χ4n) is 3.98. The predicted molar refractivity (Wildman–Crippen MR) is 129 cm³/mol. The fraction of sp³-hybridized carbons (Fsp3) is 0.192. The van der Waals surface area contributed by atoms with E-state index in [1.165, 1.54) is 23.1 Å². The molecule has 0 bridgehead atoms. The summed E-state index contributed by atoms with van der Waals surface area (Å²) < 4.78 is 5.27. The second-order valence-electron chi connectivity index (χ2n) is 8.05. The third kappa shape index (κ3) is 5.70. The Kier molecular flexibility index (Phi) is 7.15. The van der Waals surface area contributed by atoms with Crippen LogP contribution in [0.2, 0.25) is 0 Å². The van der Waals surface area contributed by atoms with Gasteiger partial charge in [0.15, 0.2) is 6.61 Å². The molecule has 0 aliphatic carbocycles. The van der Waals surface area contributed by atoms with Gasteiger partial charge in [-0.25, -0.2) is 4.79 Å². The van der Waals surface area contributed by atoms with Crippen molar-refractivity contribution < 1.29 is 24.0 Å². The lowest BCUT2D eigenvalue weighted by atomic mass is 10.0. The number of ether oxygens (including phenoxy) is 1. The van der Waals surface area contributed by atoms with E-state index in [4.69, 9.17) is 4.74 Å². The number of non-ortho nitro benzene ring substituents is 1. The summed E-state index contributed by atoms with van der Waals surface area (Å²) in [6.45, 7) is -0.0745. The monoisotopic (exact) mass is 473 g/mol. The molecule has 3 aromatic carbocycles. The van der Waals surface area contributed by atoms with Crippen LogP contribution >= 0.6 is 0 Å². The molecule has 9 nitrogen and oxygen atoms in total. The van der Waals surface area contributed by atoms with Crippen molar-refractivity contribution in [2.45, 2.75) is 19.3 Å². The smallest absolute Gasteiger partial charge is 0.340 e. The van der Waals surface area contributed by atoms with Gasteiger partial charge in [0, 0.05) is 24.4 Å². The maximum Gasteiger partial charge on any atom is 0.340 e. The highest BCUT2D eigenvalue weighted by molar-refractivity contribution is 6.03. The molecule has 178 valence electrons. The Bertz CT molecular complexity index is 1280. The first-order valence-corrected chi connectivity index (χ1v) is 11.1. The normalized spacial score (nSPS) is 12.4. The average Bonchev–Trinajstić information content (AvgIpc) is 2.87. The number of fused-ring (bicyclic) bond motifs is 1. The first-order chi connectivity index (χ1) is 16.9. The molecule has 0 atom stereocenters. The highest BCUT2D eigenvalue weighted by atomic mass is 16.6. The van der Waals surface area contributed by atoms with E-state index in [1.54, 1.807) is 24.3 Å². The van der Waals surface area contributed by atoms with Gasteiger partial charge in [-0.2, -0.15) is 0 Å². The quantitative estimate of drug-likeness (QED) is 0.316. The molecule has 1 N–H and O–H groups in total. The van der Waals surface area contributed by atoms with E-state index in [0.717, 1.165) is 5.56 Å². The number of nitrogens with zero attached hydrogens (tertiary/aromatic N) is 2. The molecule has 3 aromatic rings. The average molecular weight is 473 g/mol. The summed E-state index contributed by atoms with van der Waals surface area (Å²) in [5.74, 6) is -1.46. The molecule has 9 heteroatoms. The maximum atomic E-state index is 12.8. The Morgan fingerprint density at radius 2 is 1.74 bits per heavy atom. The minimum absolute atomic E-state index is 0.0320. The van der Waals surface area contributed by atoms with Gasteiger partial charge in [-0.3, -0.25) is 19.7 Å². The van der Waals surface area contributed by atoms with Gasteiger partial charge in [0.25, 0.3) is 11.6 Å². The molecule has 1 aliphatic heterocycles. The third-order valence-electron chi connectivity index (χ3n) is 5.65. The Labute approximate surface area is 201 Å². The van der Waals surface area contributed by atoms with Gasteiger partial charge in [0.2, 0.25) is 5.91 Å². The van der Waals surface area contributed by atoms with Gasteiger partial charge >= 0.3 is 5.97 Å². The largest absolute Gasteiger partial charge is 0.452 e. The van der Waals surface area contributed by atoms with E-state index in [0.29, 0.717) is 36.3 Å². The third-order valence-corrected chi connectivity index (χ3v) is 5.65. The highest BCUT2D eigenvalue weighted by Gasteiger charge is 2.25. The minimum atomic E-state index is -0.741. The van der Waals surface area contributed by atoms with E-state index in [1.807, 2.05) is 30.3 Å². The number of carbonyl (C=O) groups is 3. The number of esters is 1. The second-order valence-corrected chi connectivity index (χ2v) is 8.05. The Balaban J connectivity index is 1.40. The van der Waals surface area contributed by atoms with Crippen LogP contribution in [0.1, 0.15) is 27.9 Å². The van der Waals surface area contributed by atoms with Crippen molar-refractivity contribution in [2.24, 2.45) is 0 Å². The topological polar surface area (TPSA) is 119 Å². The van der Waals surface area contributed by atoms with E-state index in [2.05, 4.69) is 5.32 Å². The molecule has 0 unspecified atom stereocenters. The predicted octanol–water partition coefficient (Wildman–Crippen LogP) is 3.91. The van der Waals surface area contributed by atoms with Gasteiger partial charge < -0.3 is 15.0 Å². The molecule has 1 heterocycles. The molecular weight excluding hydrogens is 450 g/mol. The van der Waals surface area contributed by atoms with Crippen molar-refractivity contribution in [2.75, 3.05) is 23.4 Å². The van der Waals surface area contributed by atoms with Crippen LogP contribution in [0.5, 0.6) is 0 Å². The lowest BCUT2D eigenvalue weighted by Crippen LogP contribution is -2.38. The fourth-order valence-corrected chi connectivity index (χ4v) is 3.98. The zero-order valence-corrected chi connectivity index (χ0v) is 18.8. The molecule has 0 radical (unpaired) electrons. The Morgan fingerprint density at radius 3 is 2.51 bits per heavy atom. The second kappa shape index (κ2) is 10.6. The molecule has 0 saturated carbocycles. The molecule has 4 rings (SSSR count). The summed E-state index contributed by atoms with van der Waals surface area (Å²) in [5.41, 5.74) is 2.52. The summed E-state index contributed by atoms with van der Waals surface area (Å²) in [5, 5.41) is 13.8. The number of anilines is 2. The number of nitro benzene ring substituents is 1. The van der Waals surface area contributed by atoms with Crippen LogP contribution in [0.3, 0.4) is 0 Å². The number of hydrogen-bond donors (Lipinski definition) is 1. The van der Waals surface area contributed by atoms with E-state index in [9.17, 15) is 24.5 Å². The van der Waals surface area contributed by atoms with Crippen molar-refractivity contribution in [3.63, 3.8) is 0 Å². The number of para-hydroxylation sites is 1. The first-order valence-electron chi connectivity index (χ1n) is 11.1. The molecule has 2 amide bonds. The van der Waals surface area contributed by atoms with Crippen LogP contribution in [-0.4, -0.2) is 35.9 Å². The Hall–Kier alpha value is -4.53. The standard InChI is InChI=1S/C26H23N3O6/c30-24(15-18-7-2-1-3-8-18)27-22-11-5-4-10-21(22)26(32)35-17-25(31)28-14-6-9-19-16-20(29(33)34)12-13-23(19)28/h1-5,7-8,10-13,16H,6,9,14-15,17H2,(H,27,30). The number of benzene rings is 3. The van der Waals surface area contributed by atoms with Crippen LogP contribution in [0, 0.1) is 10.1 Å². The minimum Gasteiger partial charge on any atom is -0.452 e. The summed E-state index contributed by atoms with van der Waals surface area (Å²) in [6, 6.07) is 20.0. The summed E-state index contributed by atoms with van der Waals surface area (Å²) >= 11 is 0. The van der Waals surface area contributed by atoms with E-state index in [-0.39, 0.29) is 23.6 Å². The number of hydrogen-bond acceptors (Lipinski definition) is 6. The van der Waals surface area contributed by atoms with Crippen molar-refractivity contribution in [1.29, 1.82) is 0 Å². The number of amides is 2. The number of carbonyl (C=O) groups excluding carboxylic acids is 3. The van der Waals surface area contributed by atoms with Gasteiger partial charge in [-0.05, 0) is 42.2 Å². The summed E-state index contributed by atoms with van der Waals surface area (Å²) in [6.07, 6.45) is 1.41. The van der Waals surface area contributed by atoms with Crippen molar-refractivity contribution in [1.82, 2.24) is 0 Å². The summed E-state index contributed by atoms with van der Waals surface area (Å²) in [7, 11) is 0. The number of rotatable bonds is 7. The maximum absolute atomic E-state index is 12.8. The van der Waals surface area contributed by atoms with Gasteiger partial charge in [-0.15, -0.1) is 0 Å². The lowest BCUT2D eigenvalue weighted by Gasteiger charge is -2.29. The van der Waals surface area contributed by atoms with Crippen molar-refractivity contribution >= 4 is 34.8 Å².